The second kappa shape index (κ2) is 6.61. The molecule has 112 valence electrons. The van der Waals surface area contributed by atoms with E-state index in [0.717, 1.165) is 44.1 Å². The van der Waals surface area contributed by atoms with E-state index in [-0.39, 0.29) is 0 Å². The Kier molecular flexibility index (Phi) is 4.38. The van der Waals surface area contributed by atoms with Gasteiger partial charge in [-0.25, -0.2) is 9.97 Å². The first-order valence-electron chi connectivity index (χ1n) is 7.81. The van der Waals surface area contributed by atoms with E-state index in [1.165, 1.54) is 18.5 Å². The predicted octanol–water partition coefficient (Wildman–Crippen LogP) is 2.90. The number of nitrogens with one attached hydrogen (secondary N) is 1. The molecule has 1 N–H and O–H groups in total. The Balaban J connectivity index is 1.71. The van der Waals surface area contributed by atoms with Crippen molar-refractivity contribution in [3.05, 3.63) is 36.5 Å². The van der Waals surface area contributed by atoms with Gasteiger partial charge in [0.05, 0.1) is 24.3 Å². The van der Waals surface area contributed by atoms with Crippen LogP contribution in [0.5, 0.6) is 0 Å². The standard InChI is InChI=1S/C16H23N5/c1-2-8-21-13-17-11-14(21)12-19-15-6-5-7-18-16(15)20-9-3-4-10-20/h5-7,11,13,19H,2-4,8-10,12H2,1H3. The Morgan fingerprint density at radius 1 is 1.29 bits per heavy atom. The molecule has 3 rings (SSSR count). The van der Waals surface area contributed by atoms with Crippen molar-refractivity contribution in [1.29, 1.82) is 0 Å². The maximum atomic E-state index is 4.56. The molecule has 5 nitrogen and oxygen atoms in total. The van der Waals surface area contributed by atoms with Crippen molar-refractivity contribution in [1.82, 2.24) is 14.5 Å². The molecule has 0 aliphatic carbocycles. The van der Waals surface area contributed by atoms with E-state index in [1.54, 1.807) is 0 Å². The third-order valence-corrected chi connectivity index (χ3v) is 3.92. The van der Waals surface area contributed by atoms with Crippen LogP contribution in [-0.4, -0.2) is 27.6 Å². The van der Waals surface area contributed by atoms with Crippen molar-refractivity contribution in [2.75, 3.05) is 23.3 Å². The number of hydrogen-bond acceptors (Lipinski definition) is 4. The summed E-state index contributed by atoms with van der Waals surface area (Å²) >= 11 is 0. The Labute approximate surface area is 126 Å². The van der Waals surface area contributed by atoms with Crippen molar-refractivity contribution in [2.24, 2.45) is 0 Å². The summed E-state index contributed by atoms with van der Waals surface area (Å²) < 4.78 is 2.21. The van der Waals surface area contributed by atoms with E-state index in [4.69, 9.17) is 0 Å². The summed E-state index contributed by atoms with van der Waals surface area (Å²) in [5, 5.41) is 3.53. The van der Waals surface area contributed by atoms with Gasteiger partial charge in [0, 0.05) is 32.0 Å². The summed E-state index contributed by atoms with van der Waals surface area (Å²) in [6.45, 7) is 6.21. The maximum Gasteiger partial charge on any atom is 0.151 e. The van der Waals surface area contributed by atoms with E-state index >= 15 is 0 Å². The largest absolute Gasteiger partial charge is 0.376 e. The normalized spacial score (nSPS) is 14.6. The number of rotatable bonds is 6. The second-order valence-corrected chi connectivity index (χ2v) is 5.50. The molecule has 21 heavy (non-hydrogen) atoms. The molecule has 2 aromatic heterocycles. The molecule has 1 saturated heterocycles. The van der Waals surface area contributed by atoms with Crippen LogP contribution in [0.25, 0.3) is 0 Å². The lowest BCUT2D eigenvalue weighted by Gasteiger charge is -2.20. The number of nitrogens with zero attached hydrogens (tertiary/aromatic N) is 4. The summed E-state index contributed by atoms with van der Waals surface area (Å²) in [6, 6.07) is 4.10. The molecule has 0 spiro atoms. The zero-order chi connectivity index (χ0) is 14.5. The lowest BCUT2D eigenvalue weighted by molar-refractivity contribution is 0.651. The topological polar surface area (TPSA) is 46.0 Å². The Bertz CT molecular complexity index is 572. The summed E-state index contributed by atoms with van der Waals surface area (Å²) in [7, 11) is 0. The quantitative estimate of drug-likeness (QED) is 0.886. The molecule has 1 fully saturated rings. The van der Waals surface area contributed by atoms with Gasteiger partial charge in [-0.15, -0.1) is 0 Å². The van der Waals surface area contributed by atoms with Crippen LogP contribution in [0.2, 0.25) is 0 Å². The average molecular weight is 285 g/mol. The van der Waals surface area contributed by atoms with Crippen LogP contribution in [0.4, 0.5) is 11.5 Å². The van der Waals surface area contributed by atoms with Crippen LogP contribution in [0.1, 0.15) is 31.9 Å². The SMILES string of the molecule is CCCn1cncc1CNc1cccnc1N1CCCC1. The molecule has 2 aromatic rings. The van der Waals surface area contributed by atoms with Gasteiger partial charge in [-0.2, -0.15) is 0 Å². The van der Waals surface area contributed by atoms with E-state index in [9.17, 15) is 0 Å². The Hall–Kier alpha value is -2.04. The number of aryl methyl sites for hydroxylation is 1. The number of anilines is 2. The highest BCUT2D eigenvalue weighted by Gasteiger charge is 2.16. The summed E-state index contributed by atoms with van der Waals surface area (Å²) in [5.41, 5.74) is 2.33. The van der Waals surface area contributed by atoms with Gasteiger partial charge < -0.3 is 14.8 Å². The molecule has 3 heterocycles. The van der Waals surface area contributed by atoms with Crippen molar-refractivity contribution in [3.63, 3.8) is 0 Å². The first-order chi connectivity index (χ1) is 10.4. The fourth-order valence-electron chi connectivity index (χ4n) is 2.84. The van der Waals surface area contributed by atoms with Crippen LogP contribution in [-0.2, 0) is 13.1 Å². The summed E-state index contributed by atoms with van der Waals surface area (Å²) in [5.74, 6) is 1.08. The third kappa shape index (κ3) is 3.17. The zero-order valence-corrected chi connectivity index (χ0v) is 12.6. The minimum atomic E-state index is 0.784. The van der Waals surface area contributed by atoms with Crippen LogP contribution >= 0.6 is 0 Å². The van der Waals surface area contributed by atoms with Crippen molar-refractivity contribution >= 4 is 11.5 Å². The molecule has 0 saturated carbocycles. The molecule has 1 aliphatic heterocycles. The molecule has 0 aromatic carbocycles. The molecule has 1 aliphatic rings. The molecule has 0 unspecified atom stereocenters. The number of hydrogen-bond donors (Lipinski definition) is 1. The van der Waals surface area contributed by atoms with Crippen molar-refractivity contribution < 1.29 is 0 Å². The van der Waals surface area contributed by atoms with Crippen LogP contribution in [0.15, 0.2) is 30.9 Å². The molecule has 0 bridgehead atoms. The highest BCUT2D eigenvalue weighted by atomic mass is 15.2. The van der Waals surface area contributed by atoms with Gasteiger partial charge >= 0.3 is 0 Å². The average Bonchev–Trinajstić information content (AvgIpc) is 3.17. The highest BCUT2D eigenvalue weighted by molar-refractivity contribution is 5.65. The van der Waals surface area contributed by atoms with E-state index < -0.39 is 0 Å². The van der Waals surface area contributed by atoms with Crippen molar-refractivity contribution in [3.8, 4) is 0 Å². The fraction of sp³-hybridized carbons (Fsp3) is 0.500. The zero-order valence-electron chi connectivity index (χ0n) is 12.6. The fourth-order valence-corrected chi connectivity index (χ4v) is 2.84. The molecular formula is C16H23N5. The predicted molar refractivity (Wildman–Crippen MR) is 85.5 cm³/mol. The van der Waals surface area contributed by atoms with Gasteiger partial charge in [-0.1, -0.05) is 6.92 Å². The third-order valence-electron chi connectivity index (χ3n) is 3.92. The maximum absolute atomic E-state index is 4.56. The van der Waals surface area contributed by atoms with E-state index in [1.807, 2.05) is 24.8 Å². The van der Waals surface area contributed by atoms with Crippen LogP contribution in [0, 0.1) is 0 Å². The molecule has 0 amide bonds. The highest BCUT2D eigenvalue weighted by Crippen LogP contribution is 2.26. The first-order valence-corrected chi connectivity index (χ1v) is 7.81. The summed E-state index contributed by atoms with van der Waals surface area (Å²) in [4.78, 5) is 11.2. The van der Waals surface area contributed by atoms with Crippen molar-refractivity contribution in [2.45, 2.75) is 39.3 Å². The molecular weight excluding hydrogens is 262 g/mol. The summed E-state index contributed by atoms with van der Waals surface area (Å²) in [6.07, 6.45) is 9.37. The molecule has 0 atom stereocenters. The minimum absolute atomic E-state index is 0.784. The van der Waals surface area contributed by atoms with Gasteiger partial charge in [0.15, 0.2) is 5.82 Å². The number of aromatic nitrogens is 3. The van der Waals surface area contributed by atoms with Gasteiger partial charge in [0.25, 0.3) is 0 Å². The molecule has 0 radical (unpaired) electrons. The number of pyridine rings is 1. The minimum Gasteiger partial charge on any atom is -0.376 e. The lowest BCUT2D eigenvalue weighted by atomic mass is 10.3. The lowest BCUT2D eigenvalue weighted by Crippen LogP contribution is -2.20. The van der Waals surface area contributed by atoms with E-state index in [0.29, 0.717) is 0 Å². The second-order valence-electron chi connectivity index (χ2n) is 5.50. The monoisotopic (exact) mass is 285 g/mol. The van der Waals surface area contributed by atoms with Gasteiger partial charge in [-0.3, -0.25) is 0 Å². The molecule has 5 heteroatoms. The number of imidazole rings is 1. The van der Waals surface area contributed by atoms with Gasteiger partial charge in [0.1, 0.15) is 0 Å². The first kappa shape index (κ1) is 13.9. The Morgan fingerprint density at radius 3 is 2.95 bits per heavy atom. The van der Waals surface area contributed by atoms with Crippen LogP contribution < -0.4 is 10.2 Å². The van der Waals surface area contributed by atoms with E-state index in [2.05, 4.69) is 37.7 Å². The van der Waals surface area contributed by atoms with Gasteiger partial charge in [-0.05, 0) is 31.4 Å². The Morgan fingerprint density at radius 2 is 2.14 bits per heavy atom. The van der Waals surface area contributed by atoms with Gasteiger partial charge in [0.2, 0.25) is 0 Å². The smallest absolute Gasteiger partial charge is 0.151 e. The van der Waals surface area contributed by atoms with Crippen LogP contribution in [0.3, 0.4) is 0 Å².